The molecule has 2 rings (SSSR count). The maximum Gasteiger partial charge on any atom is 0.243 e. The molecule has 0 radical (unpaired) electrons. The number of hydrogen-bond acceptors (Lipinski definition) is 3. The van der Waals surface area contributed by atoms with Gasteiger partial charge in [0.2, 0.25) is 10.0 Å². The van der Waals surface area contributed by atoms with Gasteiger partial charge >= 0.3 is 0 Å². The summed E-state index contributed by atoms with van der Waals surface area (Å²) < 4.78 is 26.5. The number of aryl methyl sites for hydroxylation is 1. The predicted octanol–water partition coefficient (Wildman–Crippen LogP) is 2.50. The first kappa shape index (κ1) is 14.4. The van der Waals surface area contributed by atoms with E-state index in [-0.39, 0.29) is 0 Å². The standard InChI is InChI=1S/C12H16BrNO2S2/c1-10-2-4-12(5-3-10)18(15,16)14-6-7-17-11(8-13)9-14/h2-5,11H,6-9H2,1H3. The van der Waals surface area contributed by atoms with Crippen LogP contribution >= 0.6 is 27.7 Å². The fourth-order valence-electron chi connectivity index (χ4n) is 1.86. The average molecular weight is 350 g/mol. The second-order valence-corrected chi connectivity index (χ2v) is 8.32. The molecule has 0 amide bonds. The summed E-state index contributed by atoms with van der Waals surface area (Å²) in [6.45, 7) is 3.14. The molecule has 1 aliphatic rings. The van der Waals surface area contributed by atoms with E-state index in [1.165, 1.54) is 0 Å². The summed E-state index contributed by atoms with van der Waals surface area (Å²) in [5, 5.41) is 1.18. The SMILES string of the molecule is Cc1ccc(S(=O)(=O)N2CCSC(CBr)C2)cc1. The van der Waals surface area contributed by atoms with Crippen molar-refractivity contribution in [3.05, 3.63) is 29.8 Å². The Morgan fingerprint density at radius 2 is 2.06 bits per heavy atom. The molecule has 100 valence electrons. The number of hydrogen-bond donors (Lipinski definition) is 0. The predicted molar refractivity (Wildman–Crippen MR) is 80.0 cm³/mol. The number of thioether (sulfide) groups is 1. The molecule has 3 nitrogen and oxygen atoms in total. The fourth-order valence-corrected chi connectivity index (χ4v) is 5.36. The van der Waals surface area contributed by atoms with Gasteiger partial charge in [0, 0.05) is 29.4 Å². The molecule has 1 aliphatic heterocycles. The van der Waals surface area contributed by atoms with Crippen LogP contribution in [0.1, 0.15) is 5.56 Å². The van der Waals surface area contributed by atoms with Crippen LogP contribution in [0.2, 0.25) is 0 Å². The van der Waals surface area contributed by atoms with Crippen molar-refractivity contribution in [1.29, 1.82) is 0 Å². The summed E-state index contributed by atoms with van der Waals surface area (Å²) in [6.07, 6.45) is 0. The molecule has 0 spiro atoms. The highest BCUT2D eigenvalue weighted by molar-refractivity contribution is 9.09. The summed E-state index contributed by atoms with van der Waals surface area (Å²) in [6, 6.07) is 7.06. The van der Waals surface area contributed by atoms with Crippen LogP contribution in [0.15, 0.2) is 29.2 Å². The minimum atomic E-state index is -3.32. The smallest absolute Gasteiger partial charge is 0.207 e. The Labute approximate surface area is 121 Å². The number of rotatable bonds is 3. The molecular formula is C12H16BrNO2S2. The second-order valence-electron chi connectivity index (χ2n) is 4.32. The molecule has 1 fully saturated rings. The summed E-state index contributed by atoms with van der Waals surface area (Å²) >= 11 is 5.26. The lowest BCUT2D eigenvalue weighted by Gasteiger charge is -2.30. The van der Waals surface area contributed by atoms with Crippen LogP contribution < -0.4 is 0 Å². The molecule has 0 saturated carbocycles. The van der Waals surface area contributed by atoms with Crippen LogP contribution in [-0.2, 0) is 10.0 Å². The van der Waals surface area contributed by atoms with Gasteiger partial charge in [0.25, 0.3) is 0 Å². The van der Waals surface area contributed by atoms with E-state index in [0.29, 0.717) is 23.2 Å². The van der Waals surface area contributed by atoms with Gasteiger partial charge < -0.3 is 0 Å². The highest BCUT2D eigenvalue weighted by Gasteiger charge is 2.29. The van der Waals surface area contributed by atoms with Gasteiger partial charge in [-0.15, -0.1) is 0 Å². The van der Waals surface area contributed by atoms with Gasteiger partial charge in [-0.3, -0.25) is 0 Å². The van der Waals surface area contributed by atoms with E-state index < -0.39 is 10.0 Å². The zero-order valence-electron chi connectivity index (χ0n) is 10.2. The van der Waals surface area contributed by atoms with Crippen molar-refractivity contribution >= 4 is 37.7 Å². The largest absolute Gasteiger partial charge is 0.243 e. The van der Waals surface area contributed by atoms with Gasteiger partial charge in [0.05, 0.1) is 4.90 Å². The Balaban J connectivity index is 2.22. The van der Waals surface area contributed by atoms with Crippen LogP contribution in [0.4, 0.5) is 0 Å². The van der Waals surface area contributed by atoms with Crippen molar-refractivity contribution in [2.24, 2.45) is 0 Å². The number of benzene rings is 1. The minimum absolute atomic E-state index is 0.346. The Bertz CT molecular complexity index is 501. The quantitative estimate of drug-likeness (QED) is 0.786. The van der Waals surface area contributed by atoms with Gasteiger partial charge in [0.1, 0.15) is 0 Å². The molecular weight excluding hydrogens is 334 g/mol. The monoisotopic (exact) mass is 349 g/mol. The van der Waals surface area contributed by atoms with E-state index in [2.05, 4.69) is 15.9 Å². The molecule has 1 heterocycles. The van der Waals surface area contributed by atoms with Crippen molar-refractivity contribution in [2.75, 3.05) is 24.2 Å². The van der Waals surface area contributed by atoms with Crippen LogP contribution in [-0.4, -0.2) is 42.1 Å². The van der Waals surface area contributed by atoms with Crippen LogP contribution in [0.3, 0.4) is 0 Å². The number of sulfonamides is 1. The van der Waals surface area contributed by atoms with Crippen molar-refractivity contribution in [1.82, 2.24) is 4.31 Å². The van der Waals surface area contributed by atoms with Gasteiger partial charge in [-0.25, -0.2) is 8.42 Å². The molecule has 0 N–H and O–H groups in total. The Kier molecular flexibility index (Phi) is 4.75. The van der Waals surface area contributed by atoms with Gasteiger partial charge in [-0.2, -0.15) is 16.1 Å². The Hall–Kier alpha value is -0.0400. The lowest BCUT2D eigenvalue weighted by molar-refractivity contribution is 0.425. The van der Waals surface area contributed by atoms with Crippen molar-refractivity contribution in [2.45, 2.75) is 17.1 Å². The average Bonchev–Trinajstić information content (AvgIpc) is 2.39. The Morgan fingerprint density at radius 3 is 2.67 bits per heavy atom. The van der Waals surface area contributed by atoms with Crippen LogP contribution in [0, 0.1) is 6.92 Å². The molecule has 1 atom stereocenters. The summed E-state index contributed by atoms with van der Waals surface area (Å²) in [7, 11) is -3.32. The topological polar surface area (TPSA) is 37.4 Å². The summed E-state index contributed by atoms with van der Waals surface area (Å²) in [4.78, 5) is 0.397. The first-order valence-corrected chi connectivity index (χ1v) is 9.39. The Morgan fingerprint density at radius 1 is 1.39 bits per heavy atom. The molecule has 1 saturated heterocycles. The van der Waals surface area contributed by atoms with Gasteiger partial charge in [0.15, 0.2) is 0 Å². The third-order valence-corrected chi connectivity index (χ3v) is 7.23. The van der Waals surface area contributed by atoms with Crippen LogP contribution in [0.5, 0.6) is 0 Å². The third kappa shape index (κ3) is 3.10. The van der Waals surface area contributed by atoms with E-state index >= 15 is 0 Å². The first-order chi connectivity index (χ1) is 8.54. The highest BCUT2D eigenvalue weighted by Crippen LogP contribution is 2.25. The zero-order chi connectivity index (χ0) is 13.2. The summed E-state index contributed by atoms with van der Waals surface area (Å²) in [5.41, 5.74) is 1.07. The normalized spacial score (nSPS) is 22.0. The molecule has 1 aromatic rings. The fraction of sp³-hybridized carbons (Fsp3) is 0.500. The van der Waals surface area contributed by atoms with Crippen molar-refractivity contribution < 1.29 is 8.42 Å². The first-order valence-electron chi connectivity index (χ1n) is 5.78. The van der Waals surface area contributed by atoms with E-state index in [9.17, 15) is 8.42 Å². The highest BCUT2D eigenvalue weighted by atomic mass is 79.9. The van der Waals surface area contributed by atoms with Crippen molar-refractivity contribution in [3.63, 3.8) is 0 Å². The molecule has 1 unspecified atom stereocenters. The number of halogens is 1. The van der Waals surface area contributed by atoms with Crippen LogP contribution in [0.25, 0.3) is 0 Å². The zero-order valence-corrected chi connectivity index (χ0v) is 13.4. The number of alkyl halides is 1. The van der Waals surface area contributed by atoms with E-state index in [1.807, 2.05) is 30.8 Å². The molecule has 0 aliphatic carbocycles. The third-order valence-electron chi connectivity index (χ3n) is 2.93. The number of nitrogens with zero attached hydrogens (tertiary/aromatic N) is 1. The minimum Gasteiger partial charge on any atom is -0.207 e. The molecule has 1 aromatic carbocycles. The maximum atomic E-state index is 12.5. The second kappa shape index (κ2) is 5.94. The van der Waals surface area contributed by atoms with Gasteiger partial charge in [-0.05, 0) is 19.1 Å². The lowest BCUT2D eigenvalue weighted by Crippen LogP contribution is -2.42. The lowest BCUT2D eigenvalue weighted by atomic mass is 10.2. The molecule has 6 heteroatoms. The summed E-state index contributed by atoms with van der Waals surface area (Å²) in [5.74, 6) is 0.862. The van der Waals surface area contributed by atoms with Crippen molar-refractivity contribution in [3.8, 4) is 0 Å². The van der Waals surface area contributed by atoms with E-state index in [0.717, 1.165) is 16.6 Å². The maximum absolute atomic E-state index is 12.5. The van der Waals surface area contributed by atoms with E-state index in [4.69, 9.17) is 0 Å². The molecule has 0 bridgehead atoms. The molecule has 0 aromatic heterocycles. The van der Waals surface area contributed by atoms with Gasteiger partial charge in [-0.1, -0.05) is 33.6 Å². The molecule has 18 heavy (non-hydrogen) atoms. The van der Waals surface area contributed by atoms with E-state index in [1.54, 1.807) is 16.4 Å².